The fraction of sp³-hybridized carbons (Fsp3) is 0.364. The summed E-state index contributed by atoms with van der Waals surface area (Å²) in [4.78, 5) is 11.8. The molecule has 0 saturated heterocycles. The Balaban J connectivity index is 2.16. The second kappa shape index (κ2) is 6.83. The molecule has 1 aliphatic rings. The molecule has 1 aliphatic heterocycles. The predicted octanol–water partition coefficient (Wildman–Crippen LogP) is 5.22. The number of halogens is 3. The van der Waals surface area contributed by atoms with Crippen molar-refractivity contribution in [3.63, 3.8) is 0 Å². The number of hydrogen-bond acceptors (Lipinski definition) is 3. The number of benzene rings is 1. The van der Waals surface area contributed by atoms with Gasteiger partial charge in [0.2, 0.25) is 5.91 Å². The molecule has 0 bridgehead atoms. The van der Waals surface area contributed by atoms with E-state index >= 15 is 0 Å². The van der Waals surface area contributed by atoms with E-state index in [1.807, 2.05) is 0 Å². The van der Waals surface area contributed by atoms with E-state index in [-0.39, 0.29) is 5.91 Å². The Hall–Kier alpha value is -0.430. The molecule has 0 aromatic heterocycles. The number of nitrogens with zero attached hydrogens (tertiary/aromatic N) is 2. The summed E-state index contributed by atoms with van der Waals surface area (Å²) < 4.78 is 8.21. The molecular formula is C11H10BrCl2N3OS. The highest BCUT2D eigenvalue weighted by Gasteiger charge is 2.19. The van der Waals surface area contributed by atoms with Crippen molar-refractivity contribution in [2.45, 2.75) is 19.3 Å². The molecule has 1 aromatic carbocycles. The van der Waals surface area contributed by atoms with Crippen molar-refractivity contribution in [2.24, 2.45) is 8.73 Å². The minimum atomic E-state index is -0.0838. The smallest absolute Gasteiger partial charge is 0.224 e. The third-order valence-electron chi connectivity index (χ3n) is 2.50. The van der Waals surface area contributed by atoms with Crippen molar-refractivity contribution in [1.82, 2.24) is 0 Å². The zero-order valence-electron chi connectivity index (χ0n) is 9.75. The van der Waals surface area contributed by atoms with E-state index in [9.17, 15) is 4.79 Å². The second-order valence-corrected chi connectivity index (χ2v) is 6.01. The second-order valence-electron chi connectivity index (χ2n) is 3.87. The lowest BCUT2D eigenvalue weighted by Gasteiger charge is -2.10. The van der Waals surface area contributed by atoms with Gasteiger partial charge in [-0.05, 0) is 18.9 Å². The van der Waals surface area contributed by atoms with E-state index in [1.54, 1.807) is 6.07 Å². The highest BCUT2D eigenvalue weighted by molar-refractivity contribution is 9.09. The summed E-state index contributed by atoms with van der Waals surface area (Å²) >= 11 is 16.5. The van der Waals surface area contributed by atoms with E-state index in [0.29, 0.717) is 33.5 Å². The number of anilines is 1. The maximum atomic E-state index is 11.8. The highest BCUT2D eigenvalue weighted by Crippen LogP contribution is 2.47. The van der Waals surface area contributed by atoms with E-state index in [2.05, 4.69) is 30.0 Å². The molecule has 0 spiro atoms. The molecule has 0 unspecified atom stereocenters. The highest BCUT2D eigenvalue weighted by atomic mass is 79.9. The molecule has 1 aromatic rings. The van der Waals surface area contributed by atoms with Gasteiger partial charge in [0.05, 0.1) is 27.1 Å². The summed E-state index contributed by atoms with van der Waals surface area (Å²) in [6.07, 6.45) is 2.22. The maximum Gasteiger partial charge on any atom is 0.224 e. The zero-order chi connectivity index (χ0) is 13.8. The first-order valence-corrected chi connectivity index (χ1v) is 8.20. The third kappa shape index (κ3) is 3.56. The standard InChI is InChI=1S/C11H10BrCl2N3OS/c12-4-2-1-3-8(18)15-9-6(13)5-7(14)10-11(9)17-19-16-10/h5H,1-4H2,(H,15,18). The number of rotatable bonds is 5. The van der Waals surface area contributed by atoms with Gasteiger partial charge in [-0.15, -0.1) is 0 Å². The van der Waals surface area contributed by atoms with Crippen molar-refractivity contribution in [1.29, 1.82) is 0 Å². The lowest BCUT2D eigenvalue weighted by Crippen LogP contribution is -2.11. The van der Waals surface area contributed by atoms with Gasteiger partial charge in [0.25, 0.3) is 0 Å². The largest absolute Gasteiger partial charge is 0.323 e. The maximum absolute atomic E-state index is 11.8. The number of amides is 1. The fourth-order valence-corrected chi connectivity index (χ4v) is 3.13. The van der Waals surface area contributed by atoms with Crippen LogP contribution in [0.15, 0.2) is 14.8 Å². The number of carbonyl (C=O) groups is 1. The molecule has 0 radical (unpaired) electrons. The van der Waals surface area contributed by atoms with Crippen LogP contribution < -0.4 is 5.32 Å². The number of unbranched alkanes of at least 4 members (excludes halogenated alkanes) is 1. The van der Waals surface area contributed by atoms with Gasteiger partial charge in [0.1, 0.15) is 11.4 Å². The van der Waals surface area contributed by atoms with Crippen LogP contribution in [0.1, 0.15) is 19.3 Å². The fourth-order valence-electron chi connectivity index (χ4n) is 1.58. The molecule has 1 amide bonds. The van der Waals surface area contributed by atoms with Gasteiger partial charge in [0, 0.05) is 11.8 Å². The van der Waals surface area contributed by atoms with Crippen LogP contribution in [0.4, 0.5) is 17.1 Å². The Morgan fingerprint density at radius 1 is 1.26 bits per heavy atom. The predicted molar refractivity (Wildman–Crippen MR) is 84.3 cm³/mol. The van der Waals surface area contributed by atoms with E-state index < -0.39 is 0 Å². The van der Waals surface area contributed by atoms with Crippen LogP contribution in [0, 0.1) is 0 Å². The Bertz CT molecular complexity index is 588. The average Bonchev–Trinajstić information content (AvgIpc) is 2.84. The Morgan fingerprint density at radius 3 is 2.74 bits per heavy atom. The summed E-state index contributed by atoms with van der Waals surface area (Å²) in [5.41, 5.74) is 1.59. The molecule has 19 heavy (non-hydrogen) atoms. The first-order chi connectivity index (χ1) is 9.13. The molecule has 0 aliphatic carbocycles. The number of alkyl halides is 1. The van der Waals surface area contributed by atoms with Gasteiger partial charge < -0.3 is 5.32 Å². The van der Waals surface area contributed by atoms with Gasteiger partial charge in [0.15, 0.2) is 0 Å². The first kappa shape index (κ1) is 15.0. The van der Waals surface area contributed by atoms with Crippen molar-refractivity contribution >= 4 is 73.5 Å². The quantitative estimate of drug-likeness (QED) is 0.559. The normalized spacial score (nSPS) is 12.2. The molecule has 0 saturated carbocycles. The van der Waals surface area contributed by atoms with Crippen molar-refractivity contribution in [3.05, 3.63) is 16.1 Å². The Labute approximate surface area is 132 Å². The lowest BCUT2D eigenvalue weighted by atomic mass is 10.2. The lowest BCUT2D eigenvalue weighted by molar-refractivity contribution is -0.116. The molecule has 0 atom stereocenters. The van der Waals surface area contributed by atoms with E-state index in [1.165, 1.54) is 0 Å². The van der Waals surface area contributed by atoms with Gasteiger partial charge in [-0.1, -0.05) is 39.1 Å². The summed E-state index contributed by atoms with van der Waals surface area (Å²) in [5, 5.41) is 4.49. The number of carbonyl (C=O) groups excluding carboxylic acids is 1. The third-order valence-corrected chi connectivity index (χ3v) is 4.17. The van der Waals surface area contributed by atoms with E-state index in [4.69, 9.17) is 23.2 Å². The molecule has 0 fully saturated rings. The van der Waals surface area contributed by atoms with Crippen LogP contribution in [0.2, 0.25) is 10.0 Å². The van der Waals surface area contributed by atoms with E-state index in [0.717, 1.165) is 29.5 Å². The van der Waals surface area contributed by atoms with Gasteiger partial charge in [-0.2, -0.15) is 8.73 Å². The van der Waals surface area contributed by atoms with Crippen molar-refractivity contribution in [2.75, 3.05) is 10.6 Å². The molecular weight excluding hydrogens is 373 g/mol. The Kier molecular flexibility index (Phi) is 5.38. The van der Waals surface area contributed by atoms with Crippen molar-refractivity contribution < 1.29 is 4.79 Å². The number of nitrogens with one attached hydrogen (secondary N) is 1. The van der Waals surface area contributed by atoms with Crippen LogP contribution in [-0.2, 0) is 16.1 Å². The summed E-state index contributed by atoms with van der Waals surface area (Å²) in [6.45, 7) is 0. The van der Waals surface area contributed by atoms with Gasteiger partial charge in [-0.25, -0.2) is 0 Å². The van der Waals surface area contributed by atoms with Gasteiger partial charge >= 0.3 is 0 Å². The first-order valence-electron chi connectivity index (χ1n) is 5.59. The SMILES string of the molecule is O=C(CCCCBr)Nc1c(Cl)cc(Cl)c2c1N=S=N2. The zero-order valence-corrected chi connectivity index (χ0v) is 13.7. The summed E-state index contributed by atoms with van der Waals surface area (Å²) in [7, 11) is 0. The summed E-state index contributed by atoms with van der Waals surface area (Å²) in [6, 6.07) is 1.57. The topological polar surface area (TPSA) is 53.8 Å². The minimum absolute atomic E-state index is 0.0838. The summed E-state index contributed by atoms with van der Waals surface area (Å²) in [5.74, 6) is -0.0838. The monoisotopic (exact) mass is 381 g/mol. The molecule has 8 heteroatoms. The molecule has 4 nitrogen and oxygen atoms in total. The number of fused-ring (bicyclic) bond motifs is 1. The van der Waals surface area contributed by atoms with Crippen LogP contribution in [-0.4, -0.2) is 11.2 Å². The Morgan fingerprint density at radius 2 is 2.00 bits per heavy atom. The van der Waals surface area contributed by atoms with Crippen LogP contribution >= 0.6 is 39.1 Å². The molecule has 1 heterocycles. The van der Waals surface area contributed by atoms with Gasteiger partial charge in [-0.3, -0.25) is 4.79 Å². The average molecular weight is 383 g/mol. The van der Waals surface area contributed by atoms with Crippen LogP contribution in [0.5, 0.6) is 0 Å². The molecule has 102 valence electrons. The van der Waals surface area contributed by atoms with Crippen LogP contribution in [0.3, 0.4) is 0 Å². The minimum Gasteiger partial charge on any atom is -0.323 e. The van der Waals surface area contributed by atoms with Crippen LogP contribution in [0.25, 0.3) is 0 Å². The van der Waals surface area contributed by atoms with Crippen molar-refractivity contribution in [3.8, 4) is 0 Å². The number of hydrogen-bond donors (Lipinski definition) is 1. The molecule has 1 N–H and O–H groups in total. The molecule has 2 rings (SSSR count).